The third-order valence-corrected chi connectivity index (χ3v) is 8.24. The molecular formula is C36H52ClN3O12. The van der Waals surface area contributed by atoms with Gasteiger partial charge in [0.1, 0.15) is 53.8 Å². The van der Waals surface area contributed by atoms with Gasteiger partial charge < -0.3 is 59.7 Å². The Kier molecular flexibility index (Phi) is 17.2. The van der Waals surface area contributed by atoms with Crippen molar-refractivity contribution in [2.45, 2.75) is 95.7 Å². The summed E-state index contributed by atoms with van der Waals surface area (Å²) in [5, 5.41) is 38.5. The molecule has 0 saturated carbocycles. The molecule has 1 aliphatic heterocycles. The Balaban J connectivity index is 1.38. The highest BCUT2D eigenvalue weighted by Gasteiger charge is 2.45. The number of carbonyl (C=O) groups excluding carboxylic acids is 3. The Hall–Kier alpha value is -3.86. The highest BCUT2D eigenvalue weighted by molar-refractivity contribution is 6.32. The first kappa shape index (κ1) is 42.6. The zero-order valence-electron chi connectivity index (χ0n) is 30.3. The van der Waals surface area contributed by atoms with E-state index in [0.717, 1.165) is 37.7 Å². The molecule has 290 valence electrons. The van der Waals surface area contributed by atoms with E-state index >= 15 is 0 Å². The second kappa shape index (κ2) is 21.0. The average molecular weight is 754 g/mol. The minimum atomic E-state index is -1.49. The Morgan fingerprint density at radius 1 is 0.885 bits per heavy atom. The molecule has 1 heterocycles. The van der Waals surface area contributed by atoms with Crippen molar-refractivity contribution < 1.29 is 58.1 Å². The van der Waals surface area contributed by atoms with Gasteiger partial charge in [-0.25, -0.2) is 4.79 Å². The number of hydrogen-bond acceptors (Lipinski definition) is 12. The van der Waals surface area contributed by atoms with Gasteiger partial charge in [0.15, 0.2) is 12.9 Å². The van der Waals surface area contributed by atoms with Gasteiger partial charge in [0.2, 0.25) is 0 Å². The van der Waals surface area contributed by atoms with Crippen LogP contribution in [0.2, 0.25) is 5.02 Å². The van der Waals surface area contributed by atoms with E-state index in [9.17, 15) is 29.7 Å². The molecular weight excluding hydrogens is 702 g/mol. The van der Waals surface area contributed by atoms with E-state index in [1.54, 1.807) is 24.3 Å². The van der Waals surface area contributed by atoms with Crippen molar-refractivity contribution >= 4 is 29.5 Å². The van der Waals surface area contributed by atoms with Crippen molar-refractivity contribution in [3.05, 3.63) is 52.5 Å². The predicted molar refractivity (Wildman–Crippen MR) is 191 cm³/mol. The topological polar surface area (TPSA) is 203 Å². The van der Waals surface area contributed by atoms with Gasteiger partial charge >= 0.3 is 6.09 Å². The predicted octanol–water partition coefficient (Wildman–Crippen LogP) is 3.08. The monoisotopic (exact) mass is 753 g/mol. The van der Waals surface area contributed by atoms with Crippen LogP contribution in [-0.2, 0) is 25.6 Å². The van der Waals surface area contributed by atoms with E-state index in [1.165, 1.54) is 26.4 Å². The number of carbonyl (C=O) groups is 3. The average Bonchev–Trinajstić information content (AvgIpc) is 3.11. The first-order chi connectivity index (χ1) is 24.8. The number of nitrogens with one attached hydrogen (secondary N) is 3. The summed E-state index contributed by atoms with van der Waals surface area (Å²) in [6.45, 7) is 6.05. The van der Waals surface area contributed by atoms with Crippen LogP contribution in [0.4, 0.5) is 4.79 Å². The van der Waals surface area contributed by atoms with Crippen molar-refractivity contribution in [2.75, 3.05) is 40.5 Å². The first-order valence-corrected chi connectivity index (χ1v) is 17.6. The molecule has 0 aromatic heterocycles. The Morgan fingerprint density at radius 3 is 2.15 bits per heavy atom. The number of hydrogen-bond donors (Lipinski definition) is 6. The molecule has 3 rings (SSSR count). The molecule has 0 spiro atoms. The van der Waals surface area contributed by atoms with E-state index in [0.29, 0.717) is 18.8 Å². The highest BCUT2D eigenvalue weighted by atomic mass is 35.5. The van der Waals surface area contributed by atoms with E-state index < -0.39 is 54.9 Å². The smallest absolute Gasteiger partial charge is 0.407 e. The van der Waals surface area contributed by atoms with E-state index in [4.69, 9.17) is 40.0 Å². The lowest BCUT2D eigenvalue weighted by Gasteiger charge is -2.41. The van der Waals surface area contributed by atoms with Crippen LogP contribution in [0.3, 0.4) is 0 Å². The van der Waals surface area contributed by atoms with Crippen molar-refractivity contribution in [1.29, 1.82) is 0 Å². The van der Waals surface area contributed by atoms with Crippen molar-refractivity contribution in [2.24, 2.45) is 0 Å². The third-order valence-electron chi connectivity index (χ3n) is 7.94. The second-order valence-electron chi connectivity index (χ2n) is 13.2. The maximum atomic E-state index is 13.2. The SMILES string of the molecule is COc1cc(OCc2ccc(OCC(=O)NCCCCCCCNC(=O)OC(C)(C)C)cc2)c(Cl)cc1C(=O)N[C@H]1[C@@H](OC)O[C@H](CO)[C@@H](O)[C@@H]1O. The van der Waals surface area contributed by atoms with Gasteiger partial charge in [0, 0.05) is 26.3 Å². The first-order valence-electron chi connectivity index (χ1n) is 17.2. The van der Waals surface area contributed by atoms with Crippen LogP contribution >= 0.6 is 11.6 Å². The molecule has 1 aliphatic rings. The van der Waals surface area contributed by atoms with Crippen molar-refractivity contribution in [1.82, 2.24) is 16.0 Å². The largest absolute Gasteiger partial charge is 0.496 e. The fourth-order valence-electron chi connectivity index (χ4n) is 5.21. The third kappa shape index (κ3) is 13.6. The molecule has 1 fully saturated rings. The number of rotatable bonds is 19. The minimum Gasteiger partial charge on any atom is -0.496 e. The molecule has 0 aliphatic carbocycles. The quantitative estimate of drug-likeness (QED) is 0.115. The standard InChI is InChI=1S/C36H52ClN3O12/c1-36(2,3)52-35(46)39-16-10-8-6-7-9-15-38-29(42)21-49-23-13-11-22(12-14-23)20-50-27-18-26(47-4)24(17-25(27)37)33(45)40-30-32(44)31(43)28(19-41)51-34(30)48-5/h11-14,17-18,28,30-32,34,41,43-44H,6-10,15-16,19-21H2,1-5H3,(H,38,42)(H,39,46)(H,40,45)/t28-,30-,31-,32-,34+/m1/s1. The van der Waals surface area contributed by atoms with Crippen LogP contribution in [0.25, 0.3) is 0 Å². The molecule has 0 unspecified atom stereocenters. The zero-order valence-corrected chi connectivity index (χ0v) is 31.1. The number of ether oxygens (including phenoxy) is 6. The Labute approximate surface area is 309 Å². The highest BCUT2D eigenvalue weighted by Crippen LogP contribution is 2.34. The van der Waals surface area contributed by atoms with Crippen LogP contribution in [0.5, 0.6) is 17.2 Å². The summed E-state index contributed by atoms with van der Waals surface area (Å²) in [7, 11) is 2.67. The molecule has 2 aromatic rings. The number of unbranched alkanes of at least 4 members (excludes halogenated alkanes) is 4. The minimum absolute atomic E-state index is 0.0350. The van der Waals surface area contributed by atoms with Gasteiger partial charge in [-0.15, -0.1) is 0 Å². The van der Waals surface area contributed by atoms with Gasteiger partial charge in [0.05, 0.1) is 24.3 Å². The molecule has 5 atom stereocenters. The van der Waals surface area contributed by atoms with Crippen LogP contribution in [0.15, 0.2) is 36.4 Å². The summed E-state index contributed by atoms with van der Waals surface area (Å²) >= 11 is 6.46. The van der Waals surface area contributed by atoms with Crippen molar-refractivity contribution in [3.63, 3.8) is 0 Å². The molecule has 52 heavy (non-hydrogen) atoms. The summed E-state index contributed by atoms with van der Waals surface area (Å²) in [6.07, 6.45) is -0.941. The van der Waals surface area contributed by atoms with Crippen LogP contribution < -0.4 is 30.2 Å². The van der Waals surface area contributed by atoms with E-state index in [2.05, 4.69) is 16.0 Å². The maximum Gasteiger partial charge on any atom is 0.407 e. The number of aliphatic hydroxyl groups excluding tert-OH is 3. The Bertz CT molecular complexity index is 1440. The van der Waals surface area contributed by atoms with Crippen LogP contribution in [0, 0.1) is 0 Å². The number of benzene rings is 2. The van der Waals surface area contributed by atoms with Gasteiger partial charge in [-0.05, 0) is 57.4 Å². The van der Waals surface area contributed by atoms with Gasteiger partial charge in [0.25, 0.3) is 11.8 Å². The van der Waals surface area contributed by atoms with Crippen LogP contribution in [-0.4, -0.2) is 110 Å². The summed E-state index contributed by atoms with van der Waals surface area (Å²) in [4.78, 5) is 37.0. The zero-order chi connectivity index (χ0) is 38.3. The van der Waals surface area contributed by atoms with E-state index in [-0.39, 0.29) is 41.2 Å². The fourth-order valence-corrected chi connectivity index (χ4v) is 5.43. The summed E-state index contributed by atoms with van der Waals surface area (Å²) < 4.78 is 32.8. The molecule has 1 saturated heterocycles. The summed E-state index contributed by atoms with van der Waals surface area (Å²) in [5.41, 5.74) is 0.309. The maximum absolute atomic E-state index is 13.2. The molecule has 3 amide bonds. The number of amides is 3. The lowest BCUT2D eigenvalue weighted by Crippen LogP contribution is -2.64. The molecule has 16 heteroatoms. The van der Waals surface area contributed by atoms with Crippen LogP contribution in [0.1, 0.15) is 68.8 Å². The second-order valence-corrected chi connectivity index (χ2v) is 13.6. The molecule has 2 aromatic carbocycles. The molecule has 0 bridgehead atoms. The summed E-state index contributed by atoms with van der Waals surface area (Å²) in [5.74, 6) is -0.00379. The Morgan fingerprint density at radius 2 is 1.54 bits per heavy atom. The number of halogens is 1. The fraction of sp³-hybridized carbons (Fsp3) is 0.583. The molecule has 0 radical (unpaired) electrons. The summed E-state index contributed by atoms with van der Waals surface area (Å²) in [6, 6.07) is 8.65. The van der Waals surface area contributed by atoms with Crippen molar-refractivity contribution in [3.8, 4) is 17.2 Å². The normalized spacial score (nSPS) is 20.1. The lowest BCUT2D eigenvalue weighted by molar-refractivity contribution is -0.261. The van der Waals surface area contributed by atoms with Gasteiger partial charge in [-0.1, -0.05) is 43.0 Å². The van der Waals surface area contributed by atoms with Gasteiger partial charge in [-0.2, -0.15) is 0 Å². The molecule has 6 N–H and O–H groups in total. The molecule has 15 nitrogen and oxygen atoms in total. The number of methoxy groups -OCH3 is 2. The van der Waals surface area contributed by atoms with E-state index in [1.807, 2.05) is 20.8 Å². The number of alkyl carbamates (subject to hydrolysis) is 1. The number of aliphatic hydroxyl groups is 3. The lowest BCUT2D eigenvalue weighted by atomic mass is 9.96. The van der Waals surface area contributed by atoms with Gasteiger partial charge in [-0.3, -0.25) is 9.59 Å².